The number of rotatable bonds is 37. The minimum atomic E-state index is -4.82. The molecule has 7 nitrogen and oxygen atoms in total. The van der Waals surface area contributed by atoms with E-state index in [0.717, 1.165) is 82.4 Å². The van der Waals surface area contributed by atoms with Gasteiger partial charge in [0, 0.05) is 0 Å². The summed E-state index contributed by atoms with van der Waals surface area (Å²) in [5.41, 5.74) is -0.354. The van der Waals surface area contributed by atoms with Gasteiger partial charge in [-0.15, -0.1) is 0 Å². The van der Waals surface area contributed by atoms with Crippen LogP contribution >= 0.6 is 0 Å². The monoisotopic (exact) mass is 797 g/mol. The second-order valence-electron chi connectivity index (χ2n) is 15.0. The van der Waals surface area contributed by atoms with E-state index in [-0.39, 0.29) is 53.9 Å². The zero-order valence-electron chi connectivity index (χ0n) is 35.4. The van der Waals surface area contributed by atoms with Crippen LogP contribution in [0.25, 0.3) is 0 Å². The third kappa shape index (κ3) is 31.3. The number of hydrogen-bond acceptors (Lipinski definition) is 7. The molecule has 310 valence electrons. The Hall–Kier alpha value is -1.45. The molecule has 0 atom stereocenters. The van der Waals surface area contributed by atoms with E-state index in [1.807, 2.05) is 0 Å². The van der Waals surface area contributed by atoms with E-state index in [0.29, 0.717) is 12.8 Å². The van der Waals surface area contributed by atoms with Crippen molar-refractivity contribution in [2.45, 2.75) is 211 Å². The number of unbranched alkanes of at least 4 members (excludes halogenated alkanes) is 26. The van der Waals surface area contributed by atoms with E-state index in [2.05, 4.69) is 38.2 Å². The van der Waals surface area contributed by atoms with Crippen molar-refractivity contribution in [3.63, 3.8) is 0 Å². The maximum absolute atomic E-state index is 12.9. The summed E-state index contributed by atoms with van der Waals surface area (Å²) >= 11 is 0. The summed E-state index contributed by atoms with van der Waals surface area (Å²) in [5.74, 6) is -1.56. The quantitative estimate of drug-likeness (QED) is 0.0217. The van der Waals surface area contributed by atoms with Crippen LogP contribution in [0.15, 0.2) is 47.4 Å². The standard InChI is InChI=1S/C46H78O7S.Na/c1-3-5-7-9-11-13-15-17-19-21-23-25-27-29-31-33-35-39-52-45(47)43-38-37-42(54(49,50)51)41-44(43)46(48)53-40-36-34-32-30-28-26-24-22-20-18-16-14-12-10-8-6-4-2;/h21-24,37-38,41H,3-20,25-36,39-40H2,1-2H3,(H,49,50,51);/q;+1/p-1/b23-21+,24-22+;. The Morgan fingerprint density at radius 3 is 1.15 bits per heavy atom. The summed E-state index contributed by atoms with van der Waals surface area (Å²) in [6, 6.07) is 3.12. The Labute approximate surface area is 359 Å². The molecule has 0 spiro atoms. The molecule has 0 aliphatic rings. The second kappa shape index (κ2) is 38.1. The fourth-order valence-corrected chi connectivity index (χ4v) is 7.06. The summed E-state index contributed by atoms with van der Waals surface area (Å²) in [6.45, 7) is 4.86. The number of hydrogen-bond donors (Lipinski definition) is 0. The van der Waals surface area contributed by atoms with Crippen LogP contribution in [-0.2, 0) is 19.6 Å². The van der Waals surface area contributed by atoms with E-state index in [4.69, 9.17) is 9.47 Å². The molecule has 0 radical (unpaired) electrons. The third-order valence-corrected chi connectivity index (χ3v) is 10.8. The minimum Gasteiger partial charge on any atom is -0.744 e. The number of carbonyl (C=O) groups excluding carboxylic acids is 2. The molecule has 0 unspecified atom stereocenters. The molecule has 0 heterocycles. The van der Waals surface area contributed by atoms with Gasteiger partial charge in [0.1, 0.15) is 10.1 Å². The zero-order valence-corrected chi connectivity index (χ0v) is 38.3. The Bertz CT molecular complexity index is 1240. The third-order valence-electron chi connectivity index (χ3n) is 10.00. The molecule has 1 rings (SSSR count). The minimum absolute atomic E-state index is 0. The van der Waals surface area contributed by atoms with Crippen LogP contribution in [0, 0.1) is 0 Å². The smallest absolute Gasteiger partial charge is 0.744 e. The molecule has 0 N–H and O–H groups in total. The molecule has 55 heavy (non-hydrogen) atoms. The molecule has 9 heteroatoms. The Morgan fingerprint density at radius 2 is 0.800 bits per heavy atom. The van der Waals surface area contributed by atoms with Crippen molar-refractivity contribution in [1.82, 2.24) is 0 Å². The van der Waals surface area contributed by atoms with Crippen molar-refractivity contribution in [3.05, 3.63) is 53.6 Å². The number of carbonyl (C=O) groups is 2. The van der Waals surface area contributed by atoms with Crippen LogP contribution in [0.5, 0.6) is 0 Å². The molecule has 0 bridgehead atoms. The molecule has 0 aliphatic carbocycles. The Balaban J connectivity index is 0.0000292. The number of esters is 2. The molecule has 1 aromatic rings. The van der Waals surface area contributed by atoms with Crippen molar-refractivity contribution < 1.29 is 61.6 Å². The van der Waals surface area contributed by atoms with E-state index in [1.54, 1.807) is 0 Å². The Morgan fingerprint density at radius 1 is 0.491 bits per heavy atom. The van der Waals surface area contributed by atoms with Crippen molar-refractivity contribution in [2.24, 2.45) is 0 Å². The van der Waals surface area contributed by atoms with Gasteiger partial charge in [-0.25, -0.2) is 18.0 Å². The van der Waals surface area contributed by atoms with E-state index in [1.165, 1.54) is 116 Å². The Kier molecular flexibility index (Phi) is 37.1. The average molecular weight is 797 g/mol. The maximum atomic E-state index is 12.9. The summed E-state index contributed by atoms with van der Waals surface area (Å²) in [7, 11) is -4.82. The van der Waals surface area contributed by atoms with Gasteiger partial charge in [-0.05, 0) is 82.4 Å². The predicted octanol–water partition coefficient (Wildman–Crippen LogP) is 10.8. The first kappa shape index (κ1) is 53.6. The fraction of sp³-hybridized carbons (Fsp3) is 0.739. The van der Waals surface area contributed by atoms with Crippen molar-refractivity contribution in [3.8, 4) is 0 Å². The summed E-state index contributed by atoms with van der Waals surface area (Å²) < 4.78 is 45.7. The van der Waals surface area contributed by atoms with Gasteiger partial charge in [-0.1, -0.05) is 167 Å². The van der Waals surface area contributed by atoms with Crippen LogP contribution in [0.3, 0.4) is 0 Å². The molecule has 0 amide bonds. The van der Waals surface area contributed by atoms with E-state index < -0.39 is 27.0 Å². The molecule has 0 saturated heterocycles. The first-order valence-electron chi connectivity index (χ1n) is 22.0. The molecule has 1 aromatic carbocycles. The second-order valence-corrected chi connectivity index (χ2v) is 16.4. The van der Waals surface area contributed by atoms with E-state index in [9.17, 15) is 22.6 Å². The van der Waals surface area contributed by atoms with Gasteiger partial charge in [0.15, 0.2) is 0 Å². The van der Waals surface area contributed by atoms with Gasteiger partial charge in [-0.2, -0.15) is 0 Å². The fourth-order valence-electron chi connectivity index (χ4n) is 6.56. The SMILES string of the molecule is CCCCCCCCCC/C=C/CCCCCCCOC(=O)c1ccc(S(=O)(=O)[O-])cc1C(=O)OCCCCCCC/C=C/CCCCCCCCCC.[Na+]. The first-order chi connectivity index (χ1) is 26.3. The van der Waals surface area contributed by atoms with Gasteiger partial charge in [0.25, 0.3) is 0 Å². The van der Waals surface area contributed by atoms with Crippen molar-refractivity contribution >= 4 is 22.1 Å². The molecule has 0 aliphatic heterocycles. The van der Waals surface area contributed by atoms with Crippen molar-refractivity contribution in [1.29, 1.82) is 0 Å². The molecule has 0 fully saturated rings. The summed E-state index contributed by atoms with van der Waals surface area (Å²) in [4.78, 5) is 25.2. The normalized spacial score (nSPS) is 11.7. The first-order valence-corrected chi connectivity index (χ1v) is 23.5. The van der Waals surface area contributed by atoms with Crippen LogP contribution in [0.4, 0.5) is 0 Å². The largest absolute Gasteiger partial charge is 1.00 e. The van der Waals surface area contributed by atoms with E-state index >= 15 is 0 Å². The van der Waals surface area contributed by atoms with Gasteiger partial charge in [0.2, 0.25) is 0 Å². The topological polar surface area (TPSA) is 110 Å². The maximum Gasteiger partial charge on any atom is 1.00 e. The zero-order chi connectivity index (χ0) is 39.4. The summed E-state index contributed by atoms with van der Waals surface area (Å²) in [6.07, 6.45) is 45.0. The molecule has 0 saturated carbocycles. The summed E-state index contributed by atoms with van der Waals surface area (Å²) in [5, 5.41) is 0. The van der Waals surface area contributed by atoms with Crippen LogP contribution in [0.1, 0.15) is 227 Å². The number of ether oxygens (including phenoxy) is 2. The van der Waals surface area contributed by atoms with Gasteiger partial charge < -0.3 is 14.0 Å². The van der Waals surface area contributed by atoms with Gasteiger partial charge in [0.05, 0.1) is 29.2 Å². The van der Waals surface area contributed by atoms with Crippen LogP contribution < -0.4 is 29.6 Å². The molecular weight excluding hydrogens is 720 g/mol. The number of allylic oxidation sites excluding steroid dienone is 4. The van der Waals surface area contributed by atoms with Crippen LogP contribution in [-0.4, -0.2) is 38.1 Å². The van der Waals surface area contributed by atoms with Crippen LogP contribution in [0.2, 0.25) is 0 Å². The average Bonchev–Trinajstić information content (AvgIpc) is 3.16. The molecule has 0 aromatic heterocycles. The predicted molar refractivity (Wildman–Crippen MR) is 223 cm³/mol. The van der Waals surface area contributed by atoms with Gasteiger partial charge >= 0.3 is 41.5 Å². The number of benzene rings is 1. The van der Waals surface area contributed by atoms with Gasteiger partial charge in [-0.3, -0.25) is 0 Å². The van der Waals surface area contributed by atoms with Crippen molar-refractivity contribution in [2.75, 3.05) is 13.2 Å². The molecular formula is C46H77NaO7S.